The Labute approximate surface area is 111 Å². The molecule has 1 aromatic rings. The topological polar surface area (TPSA) is 108 Å². The molecule has 5 N–H and O–H groups in total. The van der Waals surface area contributed by atoms with Gasteiger partial charge in [-0.2, -0.15) is 0 Å². The van der Waals surface area contributed by atoms with E-state index in [2.05, 4.69) is 10.5 Å². The van der Waals surface area contributed by atoms with Crippen molar-refractivity contribution in [1.82, 2.24) is 5.32 Å². The quantitative estimate of drug-likeness (QED) is 0.284. The molecule has 0 radical (unpaired) electrons. The maximum atomic E-state index is 12.0. The van der Waals surface area contributed by atoms with Gasteiger partial charge in [0.25, 0.3) is 5.91 Å². The van der Waals surface area contributed by atoms with Crippen molar-refractivity contribution in [3.8, 4) is 5.75 Å². The van der Waals surface area contributed by atoms with Crippen LogP contribution in [0.15, 0.2) is 23.4 Å². The third-order valence-corrected chi connectivity index (χ3v) is 2.89. The van der Waals surface area contributed by atoms with Gasteiger partial charge in [0.05, 0.1) is 5.56 Å². The highest BCUT2D eigenvalue weighted by molar-refractivity contribution is 5.97. The molecule has 6 heteroatoms. The second-order valence-electron chi connectivity index (χ2n) is 5.07. The van der Waals surface area contributed by atoms with Gasteiger partial charge in [-0.05, 0) is 19.1 Å². The maximum Gasteiger partial charge on any atom is 0.255 e. The van der Waals surface area contributed by atoms with Gasteiger partial charge in [-0.3, -0.25) is 4.79 Å². The number of hydrogen-bond acceptors (Lipinski definition) is 4. The van der Waals surface area contributed by atoms with Gasteiger partial charge in [0.1, 0.15) is 11.6 Å². The van der Waals surface area contributed by atoms with Crippen LogP contribution in [0.25, 0.3) is 0 Å². The molecule has 0 unspecified atom stereocenters. The highest BCUT2D eigenvalue weighted by Gasteiger charge is 2.25. The molecule has 0 aliphatic carbocycles. The highest BCUT2D eigenvalue weighted by Crippen LogP contribution is 2.19. The largest absolute Gasteiger partial charge is 0.507 e. The van der Waals surface area contributed by atoms with Gasteiger partial charge in [-0.25, -0.2) is 0 Å². The van der Waals surface area contributed by atoms with Gasteiger partial charge in [0.15, 0.2) is 0 Å². The second kappa shape index (κ2) is 5.60. The fraction of sp³-hybridized carbons (Fsp3) is 0.385. The number of oxime groups is 1. The molecule has 1 aromatic carbocycles. The maximum absolute atomic E-state index is 12.0. The Bertz CT molecular complexity index is 510. The van der Waals surface area contributed by atoms with Crippen LogP contribution in [0.3, 0.4) is 0 Å². The summed E-state index contributed by atoms with van der Waals surface area (Å²) >= 11 is 0. The molecule has 1 amide bonds. The number of benzene rings is 1. The Kier molecular flexibility index (Phi) is 4.37. The number of aryl methyl sites for hydroxylation is 1. The minimum absolute atomic E-state index is 0.0289. The highest BCUT2D eigenvalue weighted by atomic mass is 16.4. The lowest BCUT2D eigenvalue weighted by Crippen LogP contribution is -2.42. The van der Waals surface area contributed by atoms with E-state index in [-0.39, 0.29) is 23.7 Å². The molecule has 0 bridgehead atoms. The minimum atomic E-state index is -0.677. The molecular weight excluding hydrogens is 246 g/mol. The third kappa shape index (κ3) is 3.61. The summed E-state index contributed by atoms with van der Waals surface area (Å²) in [4.78, 5) is 12.0. The zero-order valence-electron chi connectivity index (χ0n) is 11.3. The Morgan fingerprint density at radius 3 is 2.68 bits per heavy atom. The van der Waals surface area contributed by atoms with Crippen LogP contribution in [-0.4, -0.2) is 28.6 Å². The van der Waals surface area contributed by atoms with E-state index in [1.54, 1.807) is 26.0 Å². The molecule has 0 spiro atoms. The molecule has 1 rings (SSSR count). The lowest BCUT2D eigenvalue weighted by atomic mass is 9.92. The minimum Gasteiger partial charge on any atom is -0.507 e. The van der Waals surface area contributed by atoms with Crippen molar-refractivity contribution < 1.29 is 15.1 Å². The number of hydrogen-bond donors (Lipinski definition) is 4. The first-order chi connectivity index (χ1) is 8.77. The van der Waals surface area contributed by atoms with Crippen molar-refractivity contribution >= 4 is 11.7 Å². The number of amides is 1. The van der Waals surface area contributed by atoms with Crippen LogP contribution < -0.4 is 11.1 Å². The second-order valence-corrected chi connectivity index (χ2v) is 5.07. The molecule has 0 saturated heterocycles. The molecule has 0 fully saturated rings. The molecule has 0 aliphatic rings. The molecular formula is C13H19N3O3. The number of carbonyl (C=O) groups is 1. The number of phenols is 1. The van der Waals surface area contributed by atoms with Gasteiger partial charge in [0.2, 0.25) is 0 Å². The average molecular weight is 265 g/mol. The molecule has 6 nitrogen and oxygen atoms in total. The van der Waals surface area contributed by atoms with E-state index in [4.69, 9.17) is 10.9 Å². The van der Waals surface area contributed by atoms with Gasteiger partial charge in [0, 0.05) is 12.0 Å². The fourth-order valence-corrected chi connectivity index (χ4v) is 1.45. The predicted octanol–water partition coefficient (Wildman–Crippen LogP) is 1.20. The summed E-state index contributed by atoms with van der Waals surface area (Å²) in [7, 11) is 0. The summed E-state index contributed by atoms with van der Waals surface area (Å²) in [6.45, 7) is 5.49. The summed E-state index contributed by atoms with van der Waals surface area (Å²) in [6, 6.07) is 4.78. The predicted molar refractivity (Wildman–Crippen MR) is 72.4 cm³/mol. The van der Waals surface area contributed by atoms with Crippen LogP contribution in [0.4, 0.5) is 0 Å². The molecule has 19 heavy (non-hydrogen) atoms. The van der Waals surface area contributed by atoms with Crippen molar-refractivity contribution in [3.05, 3.63) is 29.3 Å². The number of nitrogens with one attached hydrogen (secondary N) is 1. The third-order valence-electron chi connectivity index (χ3n) is 2.89. The number of phenolic OH excluding ortho intramolecular Hbond substituents is 1. The molecule has 104 valence electrons. The van der Waals surface area contributed by atoms with Crippen LogP contribution in [0, 0.1) is 12.3 Å². The van der Waals surface area contributed by atoms with E-state index in [0.717, 1.165) is 5.56 Å². The summed E-state index contributed by atoms with van der Waals surface area (Å²) < 4.78 is 0. The average Bonchev–Trinajstić information content (AvgIpc) is 2.37. The number of nitrogens with two attached hydrogens (primary N) is 1. The summed E-state index contributed by atoms with van der Waals surface area (Å²) in [5.41, 5.74) is 5.93. The first-order valence-corrected chi connectivity index (χ1v) is 5.84. The zero-order valence-corrected chi connectivity index (χ0v) is 11.3. The Hall–Kier alpha value is -2.24. The summed E-state index contributed by atoms with van der Waals surface area (Å²) in [6.07, 6.45) is 0. The van der Waals surface area contributed by atoms with E-state index in [0.29, 0.717) is 0 Å². The van der Waals surface area contributed by atoms with Crippen LogP contribution in [-0.2, 0) is 0 Å². The van der Waals surface area contributed by atoms with Crippen molar-refractivity contribution in [2.24, 2.45) is 16.3 Å². The van der Waals surface area contributed by atoms with Gasteiger partial charge in [-0.1, -0.05) is 30.6 Å². The Balaban J connectivity index is 2.79. The zero-order chi connectivity index (χ0) is 14.6. The first-order valence-electron chi connectivity index (χ1n) is 5.84. The van der Waals surface area contributed by atoms with E-state index in [9.17, 15) is 9.90 Å². The van der Waals surface area contributed by atoms with Gasteiger partial charge in [-0.15, -0.1) is 0 Å². The number of carbonyl (C=O) groups excluding carboxylic acids is 1. The lowest BCUT2D eigenvalue weighted by Gasteiger charge is -2.23. The van der Waals surface area contributed by atoms with Crippen molar-refractivity contribution in [3.63, 3.8) is 0 Å². The van der Waals surface area contributed by atoms with E-state index >= 15 is 0 Å². The molecule has 0 aromatic heterocycles. The molecule has 0 saturated carbocycles. The molecule has 0 aliphatic heterocycles. The van der Waals surface area contributed by atoms with Crippen LogP contribution in [0.2, 0.25) is 0 Å². The SMILES string of the molecule is Cc1ccc(O)c(C(=O)NCC(C)(C)/C(N)=N/O)c1. The van der Waals surface area contributed by atoms with Crippen LogP contribution in [0.1, 0.15) is 29.8 Å². The van der Waals surface area contributed by atoms with Gasteiger partial charge < -0.3 is 21.4 Å². The lowest BCUT2D eigenvalue weighted by molar-refractivity contribution is 0.0941. The number of amidine groups is 1. The van der Waals surface area contributed by atoms with Crippen molar-refractivity contribution in [1.29, 1.82) is 0 Å². The van der Waals surface area contributed by atoms with E-state index < -0.39 is 11.3 Å². The summed E-state index contributed by atoms with van der Waals surface area (Å²) in [5.74, 6) is -0.453. The summed E-state index contributed by atoms with van der Waals surface area (Å²) in [5, 5.41) is 23.9. The van der Waals surface area contributed by atoms with Crippen molar-refractivity contribution in [2.75, 3.05) is 6.54 Å². The smallest absolute Gasteiger partial charge is 0.255 e. The normalized spacial score (nSPS) is 12.3. The number of aromatic hydroxyl groups is 1. The van der Waals surface area contributed by atoms with E-state index in [1.807, 2.05) is 6.92 Å². The standard InChI is InChI=1S/C13H19N3O3/c1-8-4-5-10(17)9(6-8)11(18)15-7-13(2,3)12(14)16-19/h4-6,17,19H,7H2,1-3H3,(H2,14,16)(H,15,18). The monoisotopic (exact) mass is 265 g/mol. The number of rotatable bonds is 4. The van der Waals surface area contributed by atoms with Crippen molar-refractivity contribution in [2.45, 2.75) is 20.8 Å². The van der Waals surface area contributed by atoms with E-state index in [1.165, 1.54) is 6.07 Å². The Morgan fingerprint density at radius 2 is 2.11 bits per heavy atom. The Morgan fingerprint density at radius 1 is 1.47 bits per heavy atom. The first kappa shape index (κ1) is 14.8. The molecule has 0 atom stereocenters. The molecule has 0 heterocycles. The van der Waals surface area contributed by atoms with Crippen LogP contribution >= 0.6 is 0 Å². The van der Waals surface area contributed by atoms with Gasteiger partial charge >= 0.3 is 0 Å². The number of nitrogens with zero attached hydrogens (tertiary/aromatic N) is 1. The van der Waals surface area contributed by atoms with Crippen LogP contribution in [0.5, 0.6) is 5.75 Å². The fourth-order valence-electron chi connectivity index (χ4n) is 1.45.